The van der Waals surface area contributed by atoms with Gasteiger partial charge in [-0.1, -0.05) is 19.4 Å². The number of nitrogens with one attached hydrogen (secondary N) is 1. The molecule has 4 nitrogen and oxygen atoms in total. The molecule has 18 heavy (non-hydrogen) atoms. The lowest BCUT2D eigenvalue weighted by molar-refractivity contribution is -0.145. The second kappa shape index (κ2) is 7.82. The fourth-order valence-corrected chi connectivity index (χ4v) is 1.76. The van der Waals surface area contributed by atoms with Gasteiger partial charge in [-0.25, -0.2) is 0 Å². The Balaban J connectivity index is 2.53. The van der Waals surface area contributed by atoms with Crippen molar-refractivity contribution in [1.29, 1.82) is 0 Å². The first kappa shape index (κ1) is 14.6. The number of nitrogens with zero attached hydrogens (tertiary/aromatic N) is 1. The van der Waals surface area contributed by atoms with Crippen molar-refractivity contribution in [2.45, 2.75) is 46.2 Å². The van der Waals surface area contributed by atoms with E-state index in [1.807, 2.05) is 32.0 Å². The van der Waals surface area contributed by atoms with Gasteiger partial charge in [-0.05, 0) is 32.4 Å². The summed E-state index contributed by atoms with van der Waals surface area (Å²) < 4.78 is 5.05. The molecule has 0 spiro atoms. The van der Waals surface area contributed by atoms with Gasteiger partial charge in [0, 0.05) is 12.2 Å². The zero-order valence-corrected chi connectivity index (χ0v) is 11.4. The number of rotatable bonds is 7. The summed E-state index contributed by atoms with van der Waals surface area (Å²) in [5.74, 6) is -0.174. The molecule has 0 aliphatic heterocycles. The summed E-state index contributed by atoms with van der Waals surface area (Å²) in [6.07, 6.45) is 1.72. The molecule has 0 saturated heterocycles. The van der Waals surface area contributed by atoms with Crippen molar-refractivity contribution in [2.75, 3.05) is 6.61 Å². The molecule has 0 amide bonds. The van der Waals surface area contributed by atoms with Crippen LogP contribution in [-0.2, 0) is 16.1 Å². The molecule has 0 bridgehead atoms. The topological polar surface area (TPSA) is 51.2 Å². The van der Waals surface area contributed by atoms with Gasteiger partial charge < -0.3 is 4.74 Å². The van der Waals surface area contributed by atoms with Crippen molar-refractivity contribution >= 4 is 5.97 Å². The molecule has 0 aromatic carbocycles. The maximum atomic E-state index is 11.7. The lowest BCUT2D eigenvalue weighted by Crippen LogP contribution is -2.37. The molecule has 0 aliphatic rings. The standard InChI is InChI=1S/C14H22N2O2/c1-4-7-13(14(17)18-5-2)15-10-12-9-6-8-11(3)16-12/h6,8-9,13,15H,4-5,7,10H2,1-3H3. The number of esters is 1. The third-order valence-electron chi connectivity index (χ3n) is 2.62. The Morgan fingerprint density at radius 1 is 1.44 bits per heavy atom. The highest BCUT2D eigenvalue weighted by Gasteiger charge is 2.17. The Morgan fingerprint density at radius 2 is 2.22 bits per heavy atom. The van der Waals surface area contributed by atoms with Gasteiger partial charge in [0.2, 0.25) is 0 Å². The van der Waals surface area contributed by atoms with Crippen molar-refractivity contribution in [2.24, 2.45) is 0 Å². The molecule has 1 heterocycles. The van der Waals surface area contributed by atoms with Crippen LogP contribution in [0.5, 0.6) is 0 Å². The first-order valence-electron chi connectivity index (χ1n) is 6.50. The van der Waals surface area contributed by atoms with E-state index in [2.05, 4.69) is 17.2 Å². The Hall–Kier alpha value is -1.42. The number of hydrogen-bond acceptors (Lipinski definition) is 4. The first-order chi connectivity index (χ1) is 8.67. The predicted octanol–water partition coefficient (Wildman–Crippen LogP) is 2.21. The SMILES string of the molecule is CCCC(NCc1cccc(C)n1)C(=O)OCC. The second-order valence-corrected chi connectivity index (χ2v) is 4.24. The summed E-state index contributed by atoms with van der Waals surface area (Å²) in [4.78, 5) is 16.1. The summed E-state index contributed by atoms with van der Waals surface area (Å²) in [5.41, 5.74) is 1.93. The minimum absolute atomic E-state index is 0.174. The van der Waals surface area contributed by atoms with Crippen molar-refractivity contribution < 1.29 is 9.53 Å². The van der Waals surface area contributed by atoms with Crippen LogP contribution in [0.25, 0.3) is 0 Å². The number of carbonyl (C=O) groups is 1. The molecule has 1 rings (SSSR count). The summed E-state index contributed by atoms with van der Waals surface area (Å²) in [5, 5.41) is 3.21. The van der Waals surface area contributed by atoms with Crippen LogP contribution in [0.3, 0.4) is 0 Å². The van der Waals surface area contributed by atoms with Gasteiger partial charge in [0.25, 0.3) is 0 Å². The molecule has 100 valence electrons. The molecular weight excluding hydrogens is 228 g/mol. The smallest absolute Gasteiger partial charge is 0.323 e. The number of pyridine rings is 1. The zero-order chi connectivity index (χ0) is 13.4. The van der Waals surface area contributed by atoms with E-state index in [9.17, 15) is 4.79 Å². The van der Waals surface area contributed by atoms with E-state index in [-0.39, 0.29) is 12.0 Å². The summed E-state index contributed by atoms with van der Waals surface area (Å²) >= 11 is 0. The molecule has 1 aromatic heterocycles. The molecule has 4 heteroatoms. The number of aromatic nitrogens is 1. The fourth-order valence-electron chi connectivity index (χ4n) is 1.76. The number of ether oxygens (including phenoxy) is 1. The lowest BCUT2D eigenvalue weighted by Gasteiger charge is -2.16. The Labute approximate surface area is 109 Å². The van der Waals surface area contributed by atoms with Gasteiger partial charge in [-0.3, -0.25) is 15.1 Å². The van der Waals surface area contributed by atoms with Crippen molar-refractivity contribution in [1.82, 2.24) is 10.3 Å². The maximum Gasteiger partial charge on any atom is 0.323 e. The van der Waals surface area contributed by atoms with Gasteiger partial charge in [0.1, 0.15) is 6.04 Å². The Kier molecular flexibility index (Phi) is 6.36. The third kappa shape index (κ3) is 4.84. The minimum Gasteiger partial charge on any atom is -0.465 e. The molecule has 1 N–H and O–H groups in total. The number of carbonyl (C=O) groups excluding carboxylic acids is 1. The van der Waals surface area contributed by atoms with E-state index >= 15 is 0 Å². The molecule has 0 aliphatic carbocycles. The van der Waals surface area contributed by atoms with E-state index in [1.54, 1.807) is 0 Å². The van der Waals surface area contributed by atoms with Crippen LogP contribution in [0, 0.1) is 6.92 Å². The van der Waals surface area contributed by atoms with Crippen molar-refractivity contribution in [3.63, 3.8) is 0 Å². The fraction of sp³-hybridized carbons (Fsp3) is 0.571. The van der Waals surface area contributed by atoms with Gasteiger partial charge >= 0.3 is 5.97 Å². The van der Waals surface area contributed by atoms with Crippen LogP contribution in [0.2, 0.25) is 0 Å². The Morgan fingerprint density at radius 3 is 2.83 bits per heavy atom. The summed E-state index contributed by atoms with van der Waals surface area (Å²) in [6.45, 7) is 6.84. The van der Waals surface area contributed by atoms with E-state index in [4.69, 9.17) is 4.74 Å². The van der Waals surface area contributed by atoms with Crippen LogP contribution >= 0.6 is 0 Å². The molecule has 1 unspecified atom stereocenters. The molecule has 1 atom stereocenters. The van der Waals surface area contributed by atoms with Gasteiger partial charge in [0.05, 0.1) is 12.3 Å². The van der Waals surface area contributed by atoms with Crippen LogP contribution in [0.15, 0.2) is 18.2 Å². The van der Waals surface area contributed by atoms with Crippen LogP contribution in [0.1, 0.15) is 38.1 Å². The monoisotopic (exact) mass is 250 g/mol. The summed E-state index contributed by atoms with van der Waals surface area (Å²) in [7, 11) is 0. The first-order valence-corrected chi connectivity index (χ1v) is 6.50. The van der Waals surface area contributed by atoms with E-state index in [0.717, 1.165) is 24.2 Å². The normalized spacial score (nSPS) is 12.2. The predicted molar refractivity (Wildman–Crippen MR) is 71.1 cm³/mol. The van der Waals surface area contributed by atoms with Crippen LogP contribution in [0.4, 0.5) is 0 Å². The molecular formula is C14H22N2O2. The Bertz CT molecular complexity index is 380. The third-order valence-corrected chi connectivity index (χ3v) is 2.62. The highest BCUT2D eigenvalue weighted by molar-refractivity contribution is 5.75. The van der Waals surface area contributed by atoms with Crippen LogP contribution in [-0.4, -0.2) is 23.6 Å². The number of aryl methyl sites for hydroxylation is 1. The molecule has 1 aromatic rings. The highest BCUT2D eigenvalue weighted by Crippen LogP contribution is 2.03. The molecule has 0 saturated carbocycles. The zero-order valence-electron chi connectivity index (χ0n) is 11.4. The highest BCUT2D eigenvalue weighted by atomic mass is 16.5. The number of hydrogen-bond donors (Lipinski definition) is 1. The van der Waals surface area contributed by atoms with E-state index in [0.29, 0.717) is 13.2 Å². The quantitative estimate of drug-likeness (QED) is 0.754. The van der Waals surface area contributed by atoms with E-state index in [1.165, 1.54) is 0 Å². The average molecular weight is 250 g/mol. The largest absolute Gasteiger partial charge is 0.465 e. The average Bonchev–Trinajstić information content (AvgIpc) is 2.35. The molecule has 0 fully saturated rings. The van der Waals surface area contributed by atoms with Gasteiger partial charge in [-0.2, -0.15) is 0 Å². The van der Waals surface area contributed by atoms with E-state index < -0.39 is 0 Å². The second-order valence-electron chi connectivity index (χ2n) is 4.24. The minimum atomic E-state index is -0.239. The lowest BCUT2D eigenvalue weighted by atomic mass is 10.1. The van der Waals surface area contributed by atoms with Crippen molar-refractivity contribution in [3.05, 3.63) is 29.6 Å². The van der Waals surface area contributed by atoms with Crippen molar-refractivity contribution in [3.8, 4) is 0 Å². The summed E-state index contributed by atoms with van der Waals surface area (Å²) in [6, 6.07) is 5.64. The van der Waals surface area contributed by atoms with Gasteiger partial charge in [-0.15, -0.1) is 0 Å². The van der Waals surface area contributed by atoms with Crippen LogP contribution < -0.4 is 5.32 Å². The van der Waals surface area contributed by atoms with Gasteiger partial charge in [0.15, 0.2) is 0 Å². The molecule has 0 radical (unpaired) electrons. The maximum absolute atomic E-state index is 11.7.